The van der Waals surface area contributed by atoms with Gasteiger partial charge >= 0.3 is 0 Å². The first-order chi connectivity index (χ1) is 8.19. The average Bonchev–Trinajstić information content (AvgIpc) is 3.15. The Morgan fingerprint density at radius 1 is 1.06 bits per heavy atom. The summed E-state index contributed by atoms with van der Waals surface area (Å²) in [5.74, 6) is 2.26. The third-order valence-corrected chi connectivity index (χ3v) is 4.43. The van der Waals surface area contributed by atoms with Gasteiger partial charge in [-0.3, -0.25) is 4.90 Å². The molecule has 0 aromatic heterocycles. The molecule has 0 bridgehead atoms. The molecular weight excluding hydrogens is 210 g/mol. The van der Waals surface area contributed by atoms with Gasteiger partial charge in [0.15, 0.2) is 0 Å². The summed E-state index contributed by atoms with van der Waals surface area (Å²) in [6.45, 7) is 3.18. The molecule has 0 spiro atoms. The lowest BCUT2D eigenvalue weighted by atomic mass is 9.95. The Morgan fingerprint density at radius 2 is 1.59 bits per heavy atom. The molecule has 2 N–H and O–H groups in total. The Kier molecular flexibility index (Phi) is 2.88. The Morgan fingerprint density at radius 3 is 1.94 bits per heavy atom. The molecule has 1 unspecified atom stereocenters. The van der Waals surface area contributed by atoms with Crippen LogP contribution in [0.4, 0.5) is 0 Å². The molecule has 3 nitrogen and oxygen atoms in total. The lowest BCUT2D eigenvalue weighted by Gasteiger charge is -2.30. The van der Waals surface area contributed by atoms with Crippen molar-refractivity contribution < 1.29 is 0 Å². The first-order valence-electron chi connectivity index (χ1n) is 7.12. The van der Waals surface area contributed by atoms with Crippen molar-refractivity contribution in [3.8, 4) is 6.07 Å². The normalized spacial score (nSPS) is 27.8. The monoisotopic (exact) mass is 233 g/mol. The lowest BCUT2D eigenvalue weighted by molar-refractivity contribution is 0.206. The largest absolute Gasteiger partial charge is 0.312 e. The van der Waals surface area contributed by atoms with Gasteiger partial charge in [0, 0.05) is 19.6 Å². The zero-order chi connectivity index (χ0) is 11.9. The van der Waals surface area contributed by atoms with Crippen molar-refractivity contribution in [3.05, 3.63) is 0 Å². The molecule has 94 valence electrons. The van der Waals surface area contributed by atoms with Gasteiger partial charge in [0.25, 0.3) is 0 Å². The van der Waals surface area contributed by atoms with Crippen LogP contribution in [0.2, 0.25) is 0 Å². The van der Waals surface area contributed by atoms with E-state index in [4.69, 9.17) is 5.73 Å². The van der Waals surface area contributed by atoms with E-state index in [0.717, 1.165) is 31.2 Å². The maximum absolute atomic E-state index is 9.34. The predicted octanol–water partition coefficient (Wildman–Crippen LogP) is 1.74. The first-order valence-corrected chi connectivity index (χ1v) is 7.12. The fourth-order valence-corrected chi connectivity index (χ4v) is 2.76. The van der Waals surface area contributed by atoms with Crippen LogP contribution in [0.15, 0.2) is 0 Å². The van der Waals surface area contributed by atoms with Crippen LogP contribution in [-0.2, 0) is 0 Å². The molecule has 3 heteroatoms. The number of rotatable bonds is 7. The predicted molar refractivity (Wildman–Crippen MR) is 67.1 cm³/mol. The van der Waals surface area contributed by atoms with Crippen molar-refractivity contribution in [2.24, 2.45) is 23.5 Å². The van der Waals surface area contributed by atoms with Crippen molar-refractivity contribution in [1.29, 1.82) is 5.26 Å². The molecule has 3 aliphatic rings. The minimum absolute atomic E-state index is 0.466. The van der Waals surface area contributed by atoms with E-state index in [2.05, 4.69) is 11.0 Å². The quantitative estimate of drug-likeness (QED) is 0.728. The van der Waals surface area contributed by atoms with Gasteiger partial charge < -0.3 is 5.73 Å². The molecule has 3 fully saturated rings. The molecule has 0 saturated heterocycles. The van der Waals surface area contributed by atoms with Crippen LogP contribution in [-0.4, -0.2) is 30.1 Å². The van der Waals surface area contributed by atoms with Crippen molar-refractivity contribution in [2.45, 2.75) is 44.1 Å². The molecule has 0 heterocycles. The molecule has 0 aliphatic heterocycles. The summed E-state index contributed by atoms with van der Waals surface area (Å²) in [6, 6.07) is 2.39. The Labute approximate surface area is 104 Å². The molecule has 17 heavy (non-hydrogen) atoms. The molecule has 0 amide bonds. The maximum atomic E-state index is 9.34. The zero-order valence-corrected chi connectivity index (χ0v) is 10.6. The van der Waals surface area contributed by atoms with Gasteiger partial charge in [-0.05, 0) is 56.3 Å². The third-order valence-electron chi connectivity index (χ3n) is 4.43. The summed E-state index contributed by atoms with van der Waals surface area (Å²) in [7, 11) is 0. The second-order valence-electron chi connectivity index (χ2n) is 6.51. The van der Waals surface area contributed by atoms with E-state index in [0.29, 0.717) is 5.92 Å². The molecule has 3 aliphatic carbocycles. The van der Waals surface area contributed by atoms with E-state index in [1.807, 2.05) is 0 Å². The molecule has 1 atom stereocenters. The first kappa shape index (κ1) is 11.5. The topological polar surface area (TPSA) is 53.1 Å². The van der Waals surface area contributed by atoms with Crippen molar-refractivity contribution in [2.75, 3.05) is 19.6 Å². The lowest BCUT2D eigenvalue weighted by Crippen LogP contribution is -2.51. The van der Waals surface area contributed by atoms with Crippen molar-refractivity contribution in [3.63, 3.8) is 0 Å². The van der Waals surface area contributed by atoms with Gasteiger partial charge in [0.1, 0.15) is 5.54 Å². The van der Waals surface area contributed by atoms with Gasteiger partial charge in [-0.1, -0.05) is 0 Å². The molecular formula is C14H23N3. The summed E-state index contributed by atoms with van der Waals surface area (Å²) >= 11 is 0. The number of hydrogen-bond donors (Lipinski definition) is 1. The van der Waals surface area contributed by atoms with E-state index in [1.54, 1.807) is 0 Å². The highest BCUT2D eigenvalue weighted by Gasteiger charge is 2.44. The third kappa shape index (κ3) is 3.00. The second kappa shape index (κ2) is 4.26. The summed E-state index contributed by atoms with van der Waals surface area (Å²) in [5, 5.41) is 9.34. The highest BCUT2D eigenvalue weighted by atomic mass is 15.2. The van der Waals surface area contributed by atoms with E-state index in [1.165, 1.54) is 38.8 Å². The Bertz CT molecular complexity index is 309. The van der Waals surface area contributed by atoms with Crippen LogP contribution in [0.1, 0.15) is 38.5 Å². The van der Waals surface area contributed by atoms with Crippen LogP contribution < -0.4 is 5.73 Å². The summed E-state index contributed by atoms with van der Waals surface area (Å²) in [6.07, 6.45) is 7.85. The zero-order valence-electron chi connectivity index (χ0n) is 10.6. The molecule has 3 rings (SSSR count). The highest BCUT2D eigenvalue weighted by molar-refractivity contribution is 5.15. The van der Waals surface area contributed by atoms with Crippen LogP contribution in [0.25, 0.3) is 0 Å². The summed E-state index contributed by atoms with van der Waals surface area (Å²) < 4.78 is 0. The van der Waals surface area contributed by atoms with E-state index in [-0.39, 0.29) is 0 Å². The SMILES string of the molecule is N#CC(N)(CN(CC1CC1)CC1CC1)C1CC1. The maximum Gasteiger partial charge on any atom is 0.119 e. The van der Waals surface area contributed by atoms with E-state index in [9.17, 15) is 5.26 Å². The van der Waals surface area contributed by atoms with E-state index >= 15 is 0 Å². The minimum Gasteiger partial charge on any atom is -0.312 e. The molecule has 0 radical (unpaired) electrons. The van der Waals surface area contributed by atoms with Crippen LogP contribution in [0.5, 0.6) is 0 Å². The second-order valence-corrected chi connectivity index (χ2v) is 6.51. The van der Waals surface area contributed by atoms with Crippen molar-refractivity contribution >= 4 is 0 Å². The number of nitrogens with two attached hydrogens (primary N) is 1. The molecule has 0 aromatic rings. The average molecular weight is 233 g/mol. The number of hydrogen-bond acceptors (Lipinski definition) is 3. The van der Waals surface area contributed by atoms with Gasteiger partial charge in [-0.15, -0.1) is 0 Å². The smallest absolute Gasteiger partial charge is 0.119 e. The number of nitriles is 1. The van der Waals surface area contributed by atoms with Crippen molar-refractivity contribution in [1.82, 2.24) is 4.90 Å². The minimum atomic E-state index is -0.566. The van der Waals surface area contributed by atoms with Gasteiger partial charge in [0.2, 0.25) is 0 Å². The Balaban J connectivity index is 1.58. The fourth-order valence-electron chi connectivity index (χ4n) is 2.76. The highest BCUT2D eigenvalue weighted by Crippen LogP contribution is 2.40. The summed E-state index contributed by atoms with van der Waals surface area (Å²) in [5.41, 5.74) is 5.73. The fraction of sp³-hybridized carbons (Fsp3) is 0.929. The molecule has 0 aromatic carbocycles. The van der Waals surface area contributed by atoms with E-state index < -0.39 is 5.54 Å². The van der Waals surface area contributed by atoms with Gasteiger partial charge in [-0.25, -0.2) is 0 Å². The van der Waals surface area contributed by atoms with Crippen LogP contribution in [0, 0.1) is 29.1 Å². The van der Waals surface area contributed by atoms with Crippen LogP contribution >= 0.6 is 0 Å². The van der Waals surface area contributed by atoms with Gasteiger partial charge in [0.05, 0.1) is 6.07 Å². The van der Waals surface area contributed by atoms with Crippen LogP contribution in [0.3, 0.4) is 0 Å². The standard InChI is InChI=1S/C14H23N3/c15-9-14(16,13-5-6-13)10-17(7-11-1-2-11)8-12-3-4-12/h11-13H,1-8,10,16H2. The van der Waals surface area contributed by atoms with Gasteiger partial charge in [-0.2, -0.15) is 5.26 Å². The molecule has 3 saturated carbocycles. The summed E-state index contributed by atoms with van der Waals surface area (Å²) in [4.78, 5) is 2.50. The number of nitrogens with zero attached hydrogens (tertiary/aromatic N) is 2. The Hall–Kier alpha value is -0.590.